The van der Waals surface area contributed by atoms with E-state index in [4.69, 9.17) is 4.74 Å². The molecule has 9 heteroatoms. The Morgan fingerprint density at radius 3 is 2.37 bits per heavy atom. The van der Waals surface area contributed by atoms with Gasteiger partial charge in [-0.3, -0.25) is 14.8 Å². The first-order valence-electron chi connectivity index (χ1n) is 11.5. The van der Waals surface area contributed by atoms with Gasteiger partial charge in [0.25, 0.3) is 5.91 Å². The number of aromatic nitrogens is 2. The van der Waals surface area contributed by atoms with Crippen LogP contribution in [0.4, 0.5) is 10.6 Å². The van der Waals surface area contributed by atoms with E-state index in [-0.39, 0.29) is 24.0 Å². The van der Waals surface area contributed by atoms with Crippen LogP contribution >= 0.6 is 0 Å². The number of carbonyl (C=O) groups excluding carboxylic acids is 2. The van der Waals surface area contributed by atoms with E-state index in [1.165, 1.54) is 15.6 Å². The molecule has 180 valence electrons. The Morgan fingerprint density at radius 1 is 1.11 bits per heavy atom. The van der Waals surface area contributed by atoms with Gasteiger partial charge in [0.1, 0.15) is 18.0 Å². The summed E-state index contributed by atoms with van der Waals surface area (Å²) < 4.78 is 6.93. The zero-order chi connectivity index (χ0) is 24.7. The number of hydrogen-bond acceptors (Lipinski definition) is 5. The molecule has 0 bridgehead atoms. The molecule has 9 nitrogen and oxygen atoms in total. The number of nitrogens with zero attached hydrogens (tertiary/aromatic N) is 3. The number of carboxylic acids is 1. The lowest BCUT2D eigenvalue weighted by Crippen LogP contribution is -2.50. The summed E-state index contributed by atoms with van der Waals surface area (Å²) in [4.78, 5) is 38.7. The number of carboxylic acid groups (broad SMARTS) is 1. The van der Waals surface area contributed by atoms with Gasteiger partial charge in [-0.25, -0.2) is 9.59 Å². The maximum atomic E-state index is 13.0. The van der Waals surface area contributed by atoms with Crippen LogP contribution in [0.2, 0.25) is 0 Å². The van der Waals surface area contributed by atoms with Gasteiger partial charge in [-0.05, 0) is 42.0 Å². The van der Waals surface area contributed by atoms with Crippen molar-refractivity contribution in [2.24, 2.45) is 7.05 Å². The van der Waals surface area contributed by atoms with Crippen molar-refractivity contribution in [2.45, 2.75) is 31.2 Å². The number of likely N-dealkylation sites (tertiary alicyclic amines) is 1. The maximum Gasteiger partial charge on any atom is 0.412 e. The van der Waals surface area contributed by atoms with Crippen LogP contribution in [0, 0.1) is 0 Å². The van der Waals surface area contributed by atoms with Crippen LogP contribution in [-0.2, 0) is 16.6 Å². The van der Waals surface area contributed by atoms with Crippen molar-refractivity contribution >= 4 is 23.8 Å². The Hall–Kier alpha value is -4.14. The molecule has 1 aliphatic carbocycles. The molecule has 1 saturated heterocycles. The van der Waals surface area contributed by atoms with Crippen molar-refractivity contribution in [3.05, 3.63) is 71.4 Å². The summed E-state index contributed by atoms with van der Waals surface area (Å²) in [6, 6.07) is 17.6. The highest BCUT2D eigenvalue weighted by Gasteiger charge is 2.46. The summed E-state index contributed by atoms with van der Waals surface area (Å²) in [6.45, 7) is 2.04. The van der Waals surface area contributed by atoms with Gasteiger partial charge in [-0.1, -0.05) is 48.5 Å². The molecule has 3 aromatic rings. The summed E-state index contributed by atoms with van der Waals surface area (Å²) in [5, 5.41) is 16.4. The molecular formula is C26H26N4O5. The second-order valence-electron chi connectivity index (χ2n) is 9.13. The molecule has 2 aliphatic rings. The third kappa shape index (κ3) is 3.82. The van der Waals surface area contributed by atoms with Gasteiger partial charge >= 0.3 is 12.1 Å². The Morgan fingerprint density at radius 2 is 1.74 bits per heavy atom. The number of anilines is 1. The third-order valence-corrected chi connectivity index (χ3v) is 7.02. The van der Waals surface area contributed by atoms with E-state index in [0.29, 0.717) is 19.4 Å². The average Bonchev–Trinajstić information content (AvgIpc) is 3.52. The molecule has 5 rings (SSSR count). The van der Waals surface area contributed by atoms with Gasteiger partial charge in [0.05, 0.1) is 0 Å². The molecule has 2 heterocycles. The fraction of sp³-hybridized carbons (Fsp3) is 0.308. The number of nitrogens with one attached hydrogen (secondary N) is 1. The van der Waals surface area contributed by atoms with E-state index in [1.54, 1.807) is 14.0 Å². The molecule has 1 aliphatic heterocycles. The van der Waals surface area contributed by atoms with Gasteiger partial charge in [-0.2, -0.15) is 5.10 Å². The number of aryl methyl sites for hydroxylation is 1. The van der Waals surface area contributed by atoms with Crippen LogP contribution in [0.1, 0.15) is 47.3 Å². The van der Waals surface area contributed by atoms with Crippen LogP contribution in [0.3, 0.4) is 0 Å². The van der Waals surface area contributed by atoms with E-state index in [0.717, 1.165) is 22.3 Å². The molecule has 2 N–H and O–H groups in total. The lowest BCUT2D eigenvalue weighted by Gasteiger charge is -2.30. The number of rotatable bonds is 5. The van der Waals surface area contributed by atoms with Crippen molar-refractivity contribution in [2.75, 3.05) is 18.5 Å². The summed E-state index contributed by atoms with van der Waals surface area (Å²) in [7, 11) is 1.59. The molecule has 0 spiro atoms. The van der Waals surface area contributed by atoms with E-state index >= 15 is 0 Å². The van der Waals surface area contributed by atoms with Crippen LogP contribution in [0.15, 0.2) is 54.6 Å². The standard InChI is InChI=1S/C26H26N4O5/c1-26(24(32)33)12-7-13-30(26)23(31)21-14-22(29(2)28-21)27-25(34)35-15-20-18-10-5-3-8-16(18)17-9-4-6-11-19(17)20/h3-6,8-11,14,20H,7,12-13,15H2,1-2H3,(H,27,34)(H,32,33). The average molecular weight is 475 g/mol. The van der Waals surface area contributed by atoms with Crippen molar-refractivity contribution in [1.29, 1.82) is 0 Å². The number of amides is 2. The summed E-state index contributed by atoms with van der Waals surface area (Å²) in [6.07, 6.45) is 0.322. The SMILES string of the molecule is Cn1nc(C(=O)N2CCCC2(C)C(=O)O)cc1NC(=O)OCC1c2ccccc2-c2ccccc21. The number of ether oxygens (including phenoxy) is 1. The number of fused-ring (bicyclic) bond motifs is 3. The molecule has 0 saturated carbocycles. The number of carbonyl (C=O) groups is 3. The predicted molar refractivity (Wildman–Crippen MR) is 128 cm³/mol. The molecule has 2 aromatic carbocycles. The van der Waals surface area contributed by atoms with Crippen molar-refractivity contribution in [1.82, 2.24) is 14.7 Å². The van der Waals surface area contributed by atoms with E-state index < -0.39 is 23.5 Å². The molecule has 2 amide bonds. The smallest absolute Gasteiger partial charge is 0.412 e. The second kappa shape index (κ2) is 8.57. The Labute approximate surface area is 202 Å². The van der Waals surface area contributed by atoms with Gasteiger partial charge < -0.3 is 14.7 Å². The van der Waals surface area contributed by atoms with Crippen molar-refractivity contribution < 1.29 is 24.2 Å². The molecule has 1 atom stereocenters. The highest BCUT2D eigenvalue weighted by atomic mass is 16.5. The number of aliphatic carboxylic acids is 1. The topological polar surface area (TPSA) is 114 Å². The Balaban J connectivity index is 1.27. The van der Waals surface area contributed by atoms with Gasteiger partial charge in [0.15, 0.2) is 5.69 Å². The minimum Gasteiger partial charge on any atom is -0.480 e. The van der Waals surface area contributed by atoms with E-state index in [2.05, 4.69) is 22.5 Å². The van der Waals surface area contributed by atoms with Crippen molar-refractivity contribution in [3.63, 3.8) is 0 Å². The molecule has 1 fully saturated rings. The highest BCUT2D eigenvalue weighted by Crippen LogP contribution is 2.44. The molecule has 35 heavy (non-hydrogen) atoms. The summed E-state index contributed by atoms with van der Waals surface area (Å²) in [5.41, 5.74) is 3.30. The van der Waals surface area contributed by atoms with Gasteiger partial charge in [0, 0.05) is 25.6 Å². The second-order valence-corrected chi connectivity index (χ2v) is 9.13. The zero-order valence-corrected chi connectivity index (χ0v) is 19.5. The molecular weight excluding hydrogens is 448 g/mol. The van der Waals surface area contributed by atoms with Crippen LogP contribution in [0.5, 0.6) is 0 Å². The van der Waals surface area contributed by atoms with Crippen LogP contribution in [0.25, 0.3) is 11.1 Å². The monoisotopic (exact) mass is 474 g/mol. The lowest BCUT2D eigenvalue weighted by molar-refractivity contribution is -0.147. The normalized spacial score (nSPS) is 18.7. The highest BCUT2D eigenvalue weighted by molar-refractivity contribution is 5.98. The van der Waals surface area contributed by atoms with E-state index in [1.807, 2.05) is 36.4 Å². The molecule has 0 radical (unpaired) electrons. The van der Waals surface area contributed by atoms with Gasteiger partial charge in [0.2, 0.25) is 0 Å². The minimum absolute atomic E-state index is 0.0656. The molecule has 1 aromatic heterocycles. The fourth-order valence-corrected chi connectivity index (χ4v) is 5.08. The summed E-state index contributed by atoms with van der Waals surface area (Å²) in [5.74, 6) is -1.32. The number of hydrogen-bond donors (Lipinski definition) is 2. The molecule has 1 unspecified atom stereocenters. The predicted octanol–water partition coefficient (Wildman–Crippen LogP) is 3.86. The Kier molecular flexibility index (Phi) is 5.55. The largest absolute Gasteiger partial charge is 0.480 e. The Bertz CT molecular complexity index is 1290. The lowest BCUT2D eigenvalue weighted by atomic mass is 9.98. The van der Waals surface area contributed by atoms with Crippen molar-refractivity contribution in [3.8, 4) is 11.1 Å². The first-order valence-corrected chi connectivity index (χ1v) is 11.5. The fourth-order valence-electron chi connectivity index (χ4n) is 5.08. The summed E-state index contributed by atoms with van der Waals surface area (Å²) >= 11 is 0. The van der Waals surface area contributed by atoms with Crippen LogP contribution < -0.4 is 5.32 Å². The van der Waals surface area contributed by atoms with E-state index in [9.17, 15) is 19.5 Å². The first-order chi connectivity index (χ1) is 16.8. The quantitative estimate of drug-likeness (QED) is 0.581. The minimum atomic E-state index is -1.27. The van der Waals surface area contributed by atoms with Crippen LogP contribution in [-0.4, -0.2) is 56.4 Å². The zero-order valence-electron chi connectivity index (χ0n) is 19.5. The number of benzene rings is 2. The first kappa shape index (κ1) is 22.6. The van der Waals surface area contributed by atoms with Gasteiger partial charge in [-0.15, -0.1) is 0 Å². The third-order valence-electron chi connectivity index (χ3n) is 7.02. The maximum absolute atomic E-state index is 13.0.